The summed E-state index contributed by atoms with van der Waals surface area (Å²) in [5.74, 6) is 0. The summed E-state index contributed by atoms with van der Waals surface area (Å²) in [5, 5.41) is 4.79. The lowest BCUT2D eigenvalue weighted by atomic mass is 9.67. The van der Waals surface area contributed by atoms with E-state index in [2.05, 4.69) is 565 Å². The molecule has 0 aliphatic heterocycles. The van der Waals surface area contributed by atoms with E-state index < -0.39 is 10.8 Å². The molecule has 0 spiro atoms. The Hall–Kier alpha value is -18.0. The molecule has 1 unspecified atom stereocenters. The van der Waals surface area contributed by atoms with Crippen LogP contribution >= 0.6 is 0 Å². The van der Waals surface area contributed by atoms with E-state index in [0.29, 0.717) is 0 Å². The highest BCUT2D eigenvalue weighted by Gasteiger charge is 2.49. The van der Waals surface area contributed by atoms with Crippen molar-refractivity contribution in [2.75, 3.05) is 9.80 Å². The Morgan fingerprint density at radius 2 is 0.464 bits per heavy atom. The molecule has 0 saturated carbocycles. The Morgan fingerprint density at radius 1 is 0.152 bits per heavy atom. The Labute approximate surface area is 803 Å². The summed E-state index contributed by atoms with van der Waals surface area (Å²) in [6.07, 6.45) is 0. The Kier molecular flexibility index (Phi) is 19.7. The summed E-state index contributed by atoms with van der Waals surface area (Å²) >= 11 is 0. The molecule has 4 nitrogen and oxygen atoms in total. The van der Waals surface area contributed by atoms with Gasteiger partial charge in [-0.1, -0.05) is 431 Å². The normalized spacial score (nSPS) is 13.3. The minimum absolute atomic E-state index is 0.576. The first kappa shape index (κ1) is 80.9. The first-order chi connectivity index (χ1) is 68.5. The third-order valence-electron chi connectivity index (χ3n) is 29.1. The summed E-state index contributed by atoms with van der Waals surface area (Å²) in [6, 6.07) is 204. The van der Waals surface area contributed by atoms with Gasteiger partial charge in [0.2, 0.25) is 0 Å². The van der Waals surface area contributed by atoms with Crippen LogP contribution in [0.15, 0.2) is 546 Å². The fourth-order valence-electron chi connectivity index (χ4n) is 23.3. The highest BCUT2D eigenvalue weighted by atomic mass is 15.2. The third-order valence-corrected chi connectivity index (χ3v) is 29.1. The van der Waals surface area contributed by atoms with E-state index >= 15 is 0 Å². The molecule has 22 aromatic carbocycles. The van der Waals surface area contributed by atoms with Crippen LogP contribution in [0, 0.1) is 0 Å². The SMILES string of the molecule is c1ccc(-c2ccccc2-c2c(-c3ccccc3)cccc2N(c2ccc(-n3c4ccccc4c4cc(-c5cccc(C6(c7ccccc7)c7ccccc7-c7cc(N(c8cccc(-n9c%10ccccc%10c%10ccccc%109)c8)c8cccc(-c9ccccc9)c8-c8ccccc8-c8ccccc8)ccc76)c5)ccc43)cc2)c2ccc3c(c2)-c2ccccc2C3(c2ccccc2)c2ccccc2)cc1. The highest BCUT2D eigenvalue weighted by molar-refractivity contribution is 6.13. The van der Waals surface area contributed by atoms with E-state index in [4.69, 9.17) is 0 Å². The molecule has 0 fully saturated rings. The van der Waals surface area contributed by atoms with Gasteiger partial charge in [-0.25, -0.2) is 0 Å². The van der Waals surface area contributed by atoms with Gasteiger partial charge in [-0.05, 0) is 249 Å². The molecule has 0 radical (unpaired) electrons. The van der Waals surface area contributed by atoms with E-state index in [1.54, 1.807) is 0 Å². The molecule has 138 heavy (non-hydrogen) atoms. The average molecular weight is 1760 g/mol. The monoisotopic (exact) mass is 1750 g/mol. The van der Waals surface area contributed by atoms with Gasteiger partial charge in [0, 0.05) is 66.8 Å². The van der Waals surface area contributed by atoms with Crippen molar-refractivity contribution in [2.24, 2.45) is 0 Å². The molecule has 24 aromatic rings. The van der Waals surface area contributed by atoms with Crippen LogP contribution in [0.3, 0.4) is 0 Å². The van der Waals surface area contributed by atoms with Crippen LogP contribution < -0.4 is 9.80 Å². The van der Waals surface area contributed by atoms with Gasteiger partial charge in [-0.2, -0.15) is 0 Å². The summed E-state index contributed by atoms with van der Waals surface area (Å²) in [5.41, 5.74) is 42.2. The number of benzene rings is 22. The van der Waals surface area contributed by atoms with Gasteiger partial charge in [0.05, 0.1) is 44.3 Å². The van der Waals surface area contributed by atoms with Crippen molar-refractivity contribution in [3.63, 3.8) is 0 Å². The second kappa shape index (κ2) is 33.6. The van der Waals surface area contributed by atoms with Crippen molar-refractivity contribution in [1.82, 2.24) is 9.13 Å². The van der Waals surface area contributed by atoms with Gasteiger partial charge < -0.3 is 18.9 Å². The van der Waals surface area contributed by atoms with E-state index in [9.17, 15) is 0 Å². The fourth-order valence-corrected chi connectivity index (χ4v) is 23.3. The highest BCUT2D eigenvalue weighted by Crippen LogP contribution is 2.62. The zero-order chi connectivity index (χ0) is 91.2. The molecule has 26 rings (SSSR count). The number of nitrogens with zero attached hydrogens (tertiary/aromatic N) is 4. The maximum absolute atomic E-state index is 2.54. The number of anilines is 6. The molecule has 4 heteroatoms. The van der Waals surface area contributed by atoms with Crippen molar-refractivity contribution in [3.8, 4) is 112 Å². The molecular weight excluding hydrogens is 1670 g/mol. The molecule has 2 aliphatic carbocycles. The zero-order valence-corrected chi connectivity index (χ0v) is 75.8. The first-order valence-electron chi connectivity index (χ1n) is 47.8. The minimum atomic E-state index is -0.751. The van der Waals surface area contributed by atoms with Crippen LogP contribution in [0.1, 0.15) is 44.5 Å². The Bertz CT molecular complexity index is 8710. The Morgan fingerprint density at radius 3 is 0.935 bits per heavy atom. The topological polar surface area (TPSA) is 16.3 Å². The quantitative estimate of drug-likeness (QED) is 0.0802. The van der Waals surface area contributed by atoms with Crippen LogP contribution in [-0.4, -0.2) is 9.13 Å². The fraction of sp³-hybridized carbons (Fsp3) is 0.0149. The van der Waals surface area contributed by atoms with Gasteiger partial charge in [-0.3, -0.25) is 0 Å². The predicted octanol–water partition coefficient (Wildman–Crippen LogP) is 35.2. The van der Waals surface area contributed by atoms with Gasteiger partial charge in [0.25, 0.3) is 0 Å². The van der Waals surface area contributed by atoms with Crippen LogP contribution in [0.4, 0.5) is 34.1 Å². The number of aromatic nitrogens is 2. The molecule has 0 bridgehead atoms. The number of hydrogen-bond donors (Lipinski definition) is 0. The van der Waals surface area contributed by atoms with Crippen molar-refractivity contribution >= 4 is 77.7 Å². The minimum Gasteiger partial charge on any atom is -0.310 e. The van der Waals surface area contributed by atoms with Crippen molar-refractivity contribution in [3.05, 3.63) is 590 Å². The summed E-state index contributed by atoms with van der Waals surface area (Å²) in [7, 11) is 0. The second-order valence-electron chi connectivity index (χ2n) is 36.3. The van der Waals surface area contributed by atoms with E-state index in [0.717, 1.165) is 145 Å². The number of fused-ring (bicyclic) bond motifs is 12. The van der Waals surface area contributed by atoms with Crippen molar-refractivity contribution in [1.29, 1.82) is 0 Å². The van der Waals surface area contributed by atoms with Gasteiger partial charge in [0.1, 0.15) is 0 Å². The van der Waals surface area contributed by atoms with Crippen LogP contribution in [0.25, 0.3) is 155 Å². The van der Waals surface area contributed by atoms with Crippen LogP contribution in [-0.2, 0) is 10.8 Å². The lowest BCUT2D eigenvalue weighted by Gasteiger charge is -2.35. The summed E-state index contributed by atoms with van der Waals surface area (Å²) in [4.78, 5) is 5.06. The molecule has 0 N–H and O–H groups in total. The van der Waals surface area contributed by atoms with Gasteiger partial charge in [-0.15, -0.1) is 0 Å². The van der Waals surface area contributed by atoms with E-state index in [1.165, 1.54) is 88.3 Å². The van der Waals surface area contributed by atoms with Gasteiger partial charge >= 0.3 is 0 Å². The van der Waals surface area contributed by atoms with Crippen LogP contribution in [0.5, 0.6) is 0 Å². The molecule has 2 heterocycles. The molecular formula is C134H90N4. The Balaban J connectivity index is 0.624. The van der Waals surface area contributed by atoms with Crippen molar-refractivity contribution in [2.45, 2.75) is 10.8 Å². The smallest absolute Gasteiger partial charge is 0.0713 e. The largest absolute Gasteiger partial charge is 0.310 e. The predicted molar refractivity (Wildman–Crippen MR) is 577 cm³/mol. The third kappa shape index (κ3) is 13.0. The second-order valence-corrected chi connectivity index (χ2v) is 36.3. The average Bonchev–Trinajstić information content (AvgIpc) is 1.55. The molecule has 0 saturated heterocycles. The number of hydrogen-bond acceptors (Lipinski definition) is 2. The molecule has 646 valence electrons. The summed E-state index contributed by atoms with van der Waals surface area (Å²) in [6.45, 7) is 0. The molecule has 2 aliphatic rings. The number of para-hydroxylation sites is 3. The van der Waals surface area contributed by atoms with Crippen molar-refractivity contribution < 1.29 is 0 Å². The van der Waals surface area contributed by atoms with E-state index in [-0.39, 0.29) is 0 Å². The first-order valence-corrected chi connectivity index (χ1v) is 47.8. The lowest BCUT2D eigenvalue weighted by Crippen LogP contribution is -2.28. The number of rotatable bonds is 19. The molecule has 2 aromatic heterocycles. The molecule has 1 atom stereocenters. The standard InChI is InChI=1S/C134H90N4/c1-8-40-91(41-9-1)107-58-22-24-65-116(107)131-109(93-44-12-3-13-45-93)67-38-74-129(131)135(105-81-83-123-118(89-105)111-60-26-31-69-121(111)133(123,97-49-16-5-17-50-97)98-51-18-6-19-52-98)101-77-79-102(80-78-101)137-127-73-35-30-64-115(127)120-87-96(76-85-128(120)137)95-48-36-55-100(86-95)134(99-53-20-7-21-54-99)122-70-32-27-61-112(122)119-90-106(82-84-124(119)134)136(103-56-37-57-104(88-103)138-125-71-33-28-62-113(125)114-63-29-34-72-126(114)138)130-75-39-68-110(94-46-14-4-15-47-94)132(130)117-66-25-23-59-108(117)92-42-10-2-11-43-92/h1-90H. The van der Waals surface area contributed by atoms with E-state index in [1.807, 2.05) is 0 Å². The van der Waals surface area contributed by atoms with Gasteiger partial charge in [0.15, 0.2) is 0 Å². The maximum atomic E-state index is 2.54. The summed E-state index contributed by atoms with van der Waals surface area (Å²) < 4.78 is 4.91. The molecule has 0 amide bonds. The van der Waals surface area contributed by atoms with Crippen LogP contribution in [0.2, 0.25) is 0 Å². The maximum Gasteiger partial charge on any atom is 0.0713 e. The zero-order valence-electron chi connectivity index (χ0n) is 75.8. The lowest BCUT2D eigenvalue weighted by molar-refractivity contribution is 0.768.